The molecule has 0 saturated heterocycles. The summed E-state index contributed by atoms with van der Waals surface area (Å²) in [6, 6.07) is 0. The van der Waals surface area contributed by atoms with E-state index >= 15 is 0 Å². The van der Waals surface area contributed by atoms with E-state index in [2.05, 4.69) is 23.7 Å². The van der Waals surface area contributed by atoms with Crippen LogP contribution in [0.4, 0.5) is 0 Å². The van der Waals surface area contributed by atoms with Gasteiger partial charge in [0.25, 0.3) is 0 Å². The van der Waals surface area contributed by atoms with Crippen LogP contribution in [0.3, 0.4) is 0 Å². The highest BCUT2D eigenvalue weighted by Gasteiger charge is 1.85. The third kappa shape index (κ3) is 4.79. The quantitative estimate of drug-likeness (QED) is 0.404. The summed E-state index contributed by atoms with van der Waals surface area (Å²) in [5, 5.41) is 8.70. The van der Waals surface area contributed by atoms with Crippen molar-refractivity contribution < 1.29 is 5.11 Å². The Morgan fingerprint density at radius 1 is 1.30 bits per heavy atom. The summed E-state index contributed by atoms with van der Waals surface area (Å²) in [5.41, 5.74) is 0. The SMILES string of the molecule is C#CCCC#CC(O)C#C. The minimum absolute atomic E-state index is 0.592. The standard InChI is InChI=1S/C9H8O/c1-3-5-6-7-8-9(10)4-2/h1-2,9-10H,5-6H2. The Balaban J connectivity index is 3.53. The molecule has 50 valence electrons. The van der Waals surface area contributed by atoms with Crippen molar-refractivity contribution in [2.75, 3.05) is 0 Å². The maximum Gasteiger partial charge on any atom is 0.176 e. The van der Waals surface area contributed by atoms with Gasteiger partial charge in [0.15, 0.2) is 6.10 Å². The van der Waals surface area contributed by atoms with Crippen molar-refractivity contribution in [3.8, 4) is 36.5 Å². The Kier molecular flexibility index (Phi) is 4.99. The predicted molar refractivity (Wildman–Crippen MR) is 40.7 cm³/mol. The molecule has 0 heterocycles. The van der Waals surface area contributed by atoms with E-state index in [1.807, 2.05) is 0 Å². The predicted octanol–water partition coefficient (Wildman–Crippen LogP) is 0.397. The lowest BCUT2D eigenvalue weighted by atomic mass is 10.3. The molecule has 0 amide bonds. The minimum Gasteiger partial charge on any atom is -0.369 e. The monoisotopic (exact) mass is 132 g/mol. The number of terminal acetylenes is 2. The van der Waals surface area contributed by atoms with Gasteiger partial charge in [0, 0.05) is 12.8 Å². The zero-order valence-corrected chi connectivity index (χ0v) is 5.59. The van der Waals surface area contributed by atoms with Crippen molar-refractivity contribution in [1.29, 1.82) is 0 Å². The van der Waals surface area contributed by atoms with Gasteiger partial charge in [-0.3, -0.25) is 0 Å². The first-order chi connectivity index (χ1) is 4.81. The molecule has 0 aromatic carbocycles. The number of unbranched alkanes of at least 4 members (excludes halogenated alkanes) is 1. The molecule has 1 unspecified atom stereocenters. The fourth-order valence-electron chi connectivity index (χ4n) is 0.345. The largest absolute Gasteiger partial charge is 0.369 e. The summed E-state index contributed by atoms with van der Waals surface area (Å²) in [5.74, 6) is 9.59. The van der Waals surface area contributed by atoms with Gasteiger partial charge < -0.3 is 5.11 Å². The summed E-state index contributed by atoms with van der Waals surface area (Å²) in [6.45, 7) is 0. The van der Waals surface area contributed by atoms with Crippen molar-refractivity contribution in [1.82, 2.24) is 0 Å². The summed E-state index contributed by atoms with van der Waals surface area (Å²) in [6.07, 6.45) is 10.0. The Morgan fingerprint density at radius 2 is 2.00 bits per heavy atom. The van der Waals surface area contributed by atoms with Gasteiger partial charge in [-0.2, -0.15) is 0 Å². The van der Waals surface area contributed by atoms with Gasteiger partial charge in [0.05, 0.1) is 0 Å². The van der Waals surface area contributed by atoms with E-state index < -0.39 is 6.10 Å². The molecule has 0 radical (unpaired) electrons. The van der Waals surface area contributed by atoms with Gasteiger partial charge in [-0.15, -0.1) is 18.8 Å². The molecule has 0 fully saturated rings. The molecule has 0 spiro atoms. The van der Waals surface area contributed by atoms with Crippen molar-refractivity contribution >= 4 is 0 Å². The van der Waals surface area contributed by atoms with Gasteiger partial charge in [-0.05, 0) is 0 Å². The number of rotatable bonds is 1. The van der Waals surface area contributed by atoms with Gasteiger partial charge in [0.2, 0.25) is 0 Å². The Bertz CT molecular complexity index is 216. The fourth-order valence-corrected chi connectivity index (χ4v) is 0.345. The molecule has 10 heavy (non-hydrogen) atoms. The summed E-state index contributed by atoms with van der Waals surface area (Å²) in [7, 11) is 0. The van der Waals surface area contributed by atoms with E-state index in [0.29, 0.717) is 12.8 Å². The van der Waals surface area contributed by atoms with E-state index in [1.54, 1.807) is 0 Å². The van der Waals surface area contributed by atoms with E-state index in [0.717, 1.165) is 0 Å². The smallest absolute Gasteiger partial charge is 0.176 e. The lowest BCUT2D eigenvalue weighted by Gasteiger charge is -1.85. The summed E-state index contributed by atoms with van der Waals surface area (Å²) in [4.78, 5) is 0. The van der Waals surface area contributed by atoms with Crippen molar-refractivity contribution in [2.45, 2.75) is 18.9 Å². The van der Waals surface area contributed by atoms with Crippen LogP contribution < -0.4 is 0 Å². The molecule has 1 N–H and O–H groups in total. The molecule has 0 saturated carbocycles. The maximum absolute atomic E-state index is 8.70. The van der Waals surface area contributed by atoms with E-state index in [4.69, 9.17) is 18.0 Å². The van der Waals surface area contributed by atoms with Crippen LogP contribution in [0.2, 0.25) is 0 Å². The molecular formula is C9H8O. The van der Waals surface area contributed by atoms with E-state index in [1.165, 1.54) is 0 Å². The second kappa shape index (κ2) is 5.77. The van der Waals surface area contributed by atoms with Crippen molar-refractivity contribution in [3.05, 3.63) is 0 Å². The summed E-state index contributed by atoms with van der Waals surface area (Å²) >= 11 is 0. The van der Waals surface area contributed by atoms with Crippen LogP contribution in [0.15, 0.2) is 0 Å². The van der Waals surface area contributed by atoms with Gasteiger partial charge in [0.1, 0.15) is 0 Å². The first-order valence-corrected chi connectivity index (χ1v) is 2.87. The highest BCUT2D eigenvalue weighted by atomic mass is 16.3. The molecule has 0 aliphatic heterocycles. The molecule has 1 atom stereocenters. The Hall–Kier alpha value is -1.36. The topological polar surface area (TPSA) is 20.2 Å². The van der Waals surface area contributed by atoms with Crippen LogP contribution in [-0.2, 0) is 0 Å². The van der Waals surface area contributed by atoms with Crippen molar-refractivity contribution in [2.24, 2.45) is 0 Å². The zero-order chi connectivity index (χ0) is 7.82. The number of hydrogen-bond donors (Lipinski definition) is 1. The highest BCUT2D eigenvalue weighted by molar-refractivity contribution is 5.16. The first kappa shape index (κ1) is 8.64. The first-order valence-electron chi connectivity index (χ1n) is 2.87. The molecule has 1 nitrogen and oxygen atoms in total. The molecule has 0 aromatic heterocycles. The zero-order valence-electron chi connectivity index (χ0n) is 5.59. The Labute approximate surface area is 61.5 Å². The van der Waals surface area contributed by atoms with E-state index in [-0.39, 0.29) is 0 Å². The highest BCUT2D eigenvalue weighted by Crippen LogP contribution is 1.82. The van der Waals surface area contributed by atoms with Gasteiger partial charge >= 0.3 is 0 Å². The van der Waals surface area contributed by atoms with Crippen LogP contribution in [0.25, 0.3) is 0 Å². The Morgan fingerprint density at radius 3 is 2.50 bits per heavy atom. The van der Waals surface area contributed by atoms with Crippen molar-refractivity contribution in [3.63, 3.8) is 0 Å². The van der Waals surface area contributed by atoms with Gasteiger partial charge in [-0.25, -0.2) is 0 Å². The normalized spacial score (nSPS) is 9.90. The van der Waals surface area contributed by atoms with Crippen LogP contribution in [-0.4, -0.2) is 11.2 Å². The van der Waals surface area contributed by atoms with Crippen LogP contribution in [0.1, 0.15) is 12.8 Å². The number of hydrogen-bond acceptors (Lipinski definition) is 1. The third-order valence-electron chi connectivity index (χ3n) is 0.791. The molecule has 0 aliphatic rings. The minimum atomic E-state index is -0.947. The maximum atomic E-state index is 8.70. The fraction of sp³-hybridized carbons (Fsp3) is 0.333. The van der Waals surface area contributed by atoms with E-state index in [9.17, 15) is 0 Å². The average molecular weight is 132 g/mol. The van der Waals surface area contributed by atoms with Gasteiger partial charge in [-0.1, -0.05) is 17.8 Å². The lowest BCUT2D eigenvalue weighted by Crippen LogP contribution is -1.95. The molecular weight excluding hydrogens is 124 g/mol. The lowest BCUT2D eigenvalue weighted by molar-refractivity contribution is 0.290. The second-order valence-electron chi connectivity index (χ2n) is 1.59. The molecule has 0 rings (SSSR count). The second-order valence-corrected chi connectivity index (χ2v) is 1.59. The van der Waals surface area contributed by atoms with Crippen LogP contribution >= 0.6 is 0 Å². The molecule has 0 bridgehead atoms. The number of aliphatic hydroxyl groups is 1. The van der Waals surface area contributed by atoms with Crippen LogP contribution in [0, 0.1) is 36.5 Å². The molecule has 1 heteroatoms. The average Bonchev–Trinajstić information content (AvgIpc) is 1.98. The van der Waals surface area contributed by atoms with Crippen LogP contribution in [0.5, 0.6) is 0 Å². The number of aliphatic hydroxyl groups excluding tert-OH is 1. The molecule has 0 aromatic rings. The summed E-state index contributed by atoms with van der Waals surface area (Å²) < 4.78 is 0. The third-order valence-corrected chi connectivity index (χ3v) is 0.791. The molecule has 0 aliphatic carbocycles.